The molecule has 0 aromatic heterocycles. The van der Waals surface area contributed by atoms with E-state index >= 15 is 0 Å². The highest BCUT2D eigenvalue weighted by atomic mass is 19.4. The standard InChI is InChI=1S/C17H21F3N2O2/c1-12(2)15(23)21-8-3-9-22(11-10-21)16(24)13-4-6-14(7-5-13)17(18,19)20/h4-7,12H,3,8-11H2,1-2H3. The molecular formula is C17H21F3N2O2. The zero-order valence-electron chi connectivity index (χ0n) is 13.8. The zero-order chi connectivity index (χ0) is 17.9. The molecule has 7 heteroatoms. The molecule has 0 bridgehead atoms. The normalized spacial score (nSPS) is 16.2. The van der Waals surface area contributed by atoms with Gasteiger partial charge in [-0.2, -0.15) is 13.2 Å². The summed E-state index contributed by atoms with van der Waals surface area (Å²) in [5, 5.41) is 0. The first kappa shape index (κ1) is 18.3. The second-order valence-corrected chi connectivity index (χ2v) is 6.20. The molecule has 0 spiro atoms. The third-order valence-corrected chi connectivity index (χ3v) is 4.05. The molecule has 1 aromatic rings. The van der Waals surface area contributed by atoms with Crippen molar-refractivity contribution in [3.05, 3.63) is 35.4 Å². The van der Waals surface area contributed by atoms with Crippen molar-refractivity contribution in [2.75, 3.05) is 26.2 Å². The summed E-state index contributed by atoms with van der Waals surface area (Å²) in [6, 6.07) is 4.24. The molecule has 1 aliphatic heterocycles. The number of nitrogens with zero attached hydrogens (tertiary/aromatic N) is 2. The molecule has 0 saturated carbocycles. The maximum Gasteiger partial charge on any atom is 0.416 e. The van der Waals surface area contributed by atoms with Gasteiger partial charge in [0.05, 0.1) is 5.56 Å². The predicted molar refractivity (Wildman–Crippen MR) is 83.4 cm³/mol. The second kappa shape index (κ2) is 7.23. The van der Waals surface area contributed by atoms with E-state index < -0.39 is 11.7 Å². The Bertz CT molecular complexity index is 597. The maximum atomic E-state index is 12.6. The molecule has 1 fully saturated rings. The van der Waals surface area contributed by atoms with E-state index in [1.807, 2.05) is 13.8 Å². The largest absolute Gasteiger partial charge is 0.416 e. The Morgan fingerprint density at radius 3 is 2.04 bits per heavy atom. The van der Waals surface area contributed by atoms with Crippen LogP contribution in [0.25, 0.3) is 0 Å². The molecule has 4 nitrogen and oxygen atoms in total. The SMILES string of the molecule is CC(C)C(=O)N1CCCN(C(=O)c2ccc(C(F)(F)F)cc2)CC1. The lowest BCUT2D eigenvalue weighted by Gasteiger charge is -2.23. The van der Waals surface area contributed by atoms with Crippen molar-refractivity contribution in [3.8, 4) is 0 Å². The van der Waals surface area contributed by atoms with Crippen LogP contribution in [0.15, 0.2) is 24.3 Å². The number of halogens is 3. The second-order valence-electron chi connectivity index (χ2n) is 6.20. The first-order chi connectivity index (χ1) is 11.2. The van der Waals surface area contributed by atoms with Crippen LogP contribution in [-0.4, -0.2) is 47.8 Å². The fourth-order valence-electron chi connectivity index (χ4n) is 2.69. The summed E-state index contributed by atoms with van der Waals surface area (Å²) in [6.07, 6.45) is -3.76. The zero-order valence-corrected chi connectivity index (χ0v) is 13.8. The molecule has 1 aromatic carbocycles. The van der Waals surface area contributed by atoms with Gasteiger partial charge in [-0.15, -0.1) is 0 Å². The Labute approximate surface area is 139 Å². The number of carbonyl (C=O) groups excluding carboxylic acids is 2. The van der Waals surface area contributed by atoms with Crippen LogP contribution in [0.1, 0.15) is 36.2 Å². The number of amides is 2. The van der Waals surface area contributed by atoms with Crippen molar-refractivity contribution >= 4 is 11.8 Å². The average molecular weight is 342 g/mol. The Kier molecular flexibility index (Phi) is 5.51. The lowest BCUT2D eigenvalue weighted by Crippen LogP contribution is -2.39. The van der Waals surface area contributed by atoms with Gasteiger partial charge in [-0.25, -0.2) is 0 Å². The maximum absolute atomic E-state index is 12.6. The molecule has 0 atom stereocenters. The topological polar surface area (TPSA) is 40.6 Å². The third-order valence-electron chi connectivity index (χ3n) is 4.05. The van der Waals surface area contributed by atoms with Gasteiger partial charge < -0.3 is 9.80 Å². The van der Waals surface area contributed by atoms with Gasteiger partial charge in [0.15, 0.2) is 0 Å². The number of alkyl halides is 3. The van der Waals surface area contributed by atoms with Gasteiger partial charge >= 0.3 is 6.18 Å². The Hall–Kier alpha value is -2.05. The van der Waals surface area contributed by atoms with Gasteiger partial charge in [-0.1, -0.05) is 13.8 Å². The van der Waals surface area contributed by atoms with Crippen LogP contribution in [-0.2, 0) is 11.0 Å². The van der Waals surface area contributed by atoms with Crippen LogP contribution in [0.4, 0.5) is 13.2 Å². The van der Waals surface area contributed by atoms with Crippen LogP contribution < -0.4 is 0 Å². The molecule has 132 valence electrons. The average Bonchev–Trinajstić information content (AvgIpc) is 2.78. The molecule has 2 rings (SSSR count). The first-order valence-corrected chi connectivity index (χ1v) is 7.95. The summed E-state index contributed by atoms with van der Waals surface area (Å²) in [4.78, 5) is 27.8. The summed E-state index contributed by atoms with van der Waals surface area (Å²) >= 11 is 0. The fourth-order valence-corrected chi connectivity index (χ4v) is 2.69. The van der Waals surface area contributed by atoms with Crippen LogP contribution in [0.5, 0.6) is 0 Å². The van der Waals surface area contributed by atoms with Crippen LogP contribution in [0.2, 0.25) is 0 Å². The fraction of sp³-hybridized carbons (Fsp3) is 0.529. The monoisotopic (exact) mass is 342 g/mol. The minimum atomic E-state index is -4.41. The van der Waals surface area contributed by atoms with Gasteiger partial charge in [0.2, 0.25) is 5.91 Å². The Morgan fingerprint density at radius 1 is 0.958 bits per heavy atom. The Balaban J connectivity index is 2.04. The molecule has 0 radical (unpaired) electrons. The van der Waals surface area contributed by atoms with Crippen molar-refractivity contribution < 1.29 is 22.8 Å². The molecule has 0 unspecified atom stereocenters. The number of carbonyl (C=O) groups is 2. The highest BCUT2D eigenvalue weighted by Crippen LogP contribution is 2.29. The van der Waals surface area contributed by atoms with E-state index in [4.69, 9.17) is 0 Å². The first-order valence-electron chi connectivity index (χ1n) is 7.95. The van der Waals surface area contributed by atoms with Crippen LogP contribution in [0, 0.1) is 5.92 Å². The number of rotatable bonds is 2. The van der Waals surface area contributed by atoms with Crippen LogP contribution >= 0.6 is 0 Å². The number of hydrogen-bond donors (Lipinski definition) is 0. The van der Waals surface area contributed by atoms with Crippen LogP contribution in [0.3, 0.4) is 0 Å². The smallest absolute Gasteiger partial charge is 0.341 e. The minimum absolute atomic E-state index is 0.0545. The minimum Gasteiger partial charge on any atom is -0.341 e. The molecular weight excluding hydrogens is 321 g/mol. The van der Waals surface area contributed by atoms with Gasteiger partial charge in [-0.05, 0) is 30.7 Å². The van der Waals surface area contributed by atoms with Gasteiger partial charge in [0.1, 0.15) is 0 Å². The van der Waals surface area contributed by atoms with Crippen molar-refractivity contribution in [1.29, 1.82) is 0 Å². The van der Waals surface area contributed by atoms with Crippen molar-refractivity contribution in [2.45, 2.75) is 26.4 Å². The molecule has 24 heavy (non-hydrogen) atoms. The van der Waals surface area contributed by atoms with Gasteiger partial charge in [-0.3, -0.25) is 9.59 Å². The molecule has 0 aliphatic carbocycles. The van der Waals surface area contributed by atoms with E-state index in [1.165, 1.54) is 12.1 Å². The third kappa shape index (κ3) is 4.27. The van der Waals surface area contributed by atoms with Crippen molar-refractivity contribution in [3.63, 3.8) is 0 Å². The molecule has 1 heterocycles. The summed E-state index contributed by atoms with van der Waals surface area (Å²) in [5.41, 5.74) is -0.546. The lowest BCUT2D eigenvalue weighted by atomic mass is 10.1. The van der Waals surface area contributed by atoms with Gasteiger partial charge in [0, 0.05) is 37.7 Å². The summed E-state index contributed by atoms with van der Waals surface area (Å²) < 4.78 is 37.7. The van der Waals surface area contributed by atoms with Crippen molar-refractivity contribution in [1.82, 2.24) is 9.80 Å². The molecule has 2 amide bonds. The number of hydrogen-bond acceptors (Lipinski definition) is 2. The van der Waals surface area contributed by atoms with Gasteiger partial charge in [0.25, 0.3) is 5.91 Å². The quantitative estimate of drug-likeness (QED) is 0.829. The Morgan fingerprint density at radius 2 is 1.50 bits per heavy atom. The lowest BCUT2D eigenvalue weighted by molar-refractivity contribution is -0.137. The summed E-state index contributed by atoms with van der Waals surface area (Å²) in [6.45, 7) is 5.58. The van der Waals surface area contributed by atoms with E-state index in [0.717, 1.165) is 12.1 Å². The molecule has 1 aliphatic rings. The number of benzene rings is 1. The predicted octanol–water partition coefficient (Wildman–Crippen LogP) is 3.04. The van der Waals surface area contributed by atoms with E-state index in [9.17, 15) is 22.8 Å². The van der Waals surface area contributed by atoms with E-state index in [1.54, 1.807) is 9.80 Å². The molecule has 1 saturated heterocycles. The van der Waals surface area contributed by atoms with E-state index in [-0.39, 0.29) is 23.3 Å². The highest BCUT2D eigenvalue weighted by Gasteiger charge is 2.30. The van der Waals surface area contributed by atoms with E-state index in [0.29, 0.717) is 32.6 Å². The molecule has 0 N–H and O–H groups in total. The highest BCUT2D eigenvalue weighted by molar-refractivity contribution is 5.94. The summed E-state index contributed by atoms with van der Waals surface area (Å²) in [7, 11) is 0. The van der Waals surface area contributed by atoms with E-state index in [2.05, 4.69) is 0 Å². The summed E-state index contributed by atoms with van der Waals surface area (Å²) in [5.74, 6) is -0.344. The van der Waals surface area contributed by atoms with Crippen molar-refractivity contribution in [2.24, 2.45) is 5.92 Å².